The van der Waals surface area contributed by atoms with Gasteiger partial charge in [-0.2, -0.15) is 5.26 Å². The van der Waals surface area contributed by atoms with Crippen LogP contribution in [-0.2, 0) is 9.47 Å². The Balaban J connectivity index is 1.50. The molecule has 4 rings (SSSR count). The SMILES string of the molecule is N#CC(=C1N[C@@H](c2ccccc2)CO1)C1N[C@@H](c2ccccc2)CO1. The lowest BCUT2D eigenvalue weighted by atomic mass is 10.1. The molecule has 0 radical (unpaired) electrons. The predicted octanol–water partition coefficient (Wildman–Crippen LogP) is 2.77. The maximum Gasteiger partial charge on any atom is 0.205 e. The summed E-state index contributed by atoms with van der Waals surface area (Å²) in [5.74, 6) is 0.502. The summed E-state index contributed by atoms with van der Waals surface area (Å²) in [6.07, 6.45) is -0.466. The number of rotatable bonds is 3. The van der Waals surface area contributed by atoms with Crippen molar-refractivity contribution in [1.82, 2.24) is 10.6 Å². The molecule has 3 atom stereocenters. The molecule has 0 bridgehead atoms. The fourth-order valence-electron chi connectivity index (χ4n) is 3.17. The highest BCUT2D eigenvalue weighted by molar-refractivity contribution is 5.33. The minimum atomic E-state index is -0.466. The van der Waals surface area contributed by atoms with Gasteiger partial charge < -0.3 is 14.8 Å². The average molecular weight is 333 g/mol. The number of nitriles is 1. The molecule has 2 aliphatic heterocycles. The lowest BCUT2D eigenvalue weighted by molar-refractivity contribution is 0.124. The first kappa shape index (κ1) is 15.7. The van der Waals surface area contributed by atoms with E-state index in [1.165, 1.54) is 0 Å². The van der Waals surface area contributed by atoms with Crippen LogP contribution >= 0.6 is 0 Å². The molecule has 2 fully saturated rings. The molecule has 0 spiro atoms. The fourth-order valence-corrected chi connectivity index (χ4v) is 3.17. The summed E-state index contributed by atoms with van der Waals surface area (Å²) in [5, 5.41) is 16.3. The Bertz CT molecular complexity index is 799. The van der Waals surface area contributed by atoms with Crippen molar-refractivity contribution in [1.29, 1.82) is 5.26 Å². The zero-order valence-electron chi connectivity index (χ0n) is 13.7. The maximum absolute atomic E-state index is 9.61. The molecule has 5 nitrogen and oxygen atoms in total. The van der Waals surface area contributed by atoms with Crippen molar-refractivity contribution < 1.29 is 9.47 Å². The molecule has 2 aromatic carbocycles. The Labute approximate surface area is 146 Å². The normalized spacial score (nSPS) is 27.2. The number of nitrogens with zero attached hydrogens (tertiary/aromatic N) is 1. The predicted molar refractivity (Wildman–Crippen MR) is 93.0 cm³/mol. The Kier molecular flexibility index (Phi) is 4.38. The van der Waals surface area contributed by atoms with Crippen molar-refractivity contribution in [3.63, 3.8) is 0 Å². The summed E-state index contributed by atoms with van der Waals surface area (Å²) >= 11 is 0. The topological polar surface area (TPSA) is 66.3 Å². The molecule has 25 heavy (non-hydrogen) atoms. The van der Waals surface area contributed by atoms with Crippen LogP contribution in [0, 0.1) is 11.3 Å². The number of nitrogens with one attached hydrogen (secondary N) is 2. The van der Waals surface area contributed by atoms with Crippen LogP contribution in [0.25, 0.3) is 0 Å². The molecular weight excluding hydrogens is 314 g/mol. The molecule has 2 saturated heterocycles. The Hall–Kier alpha value is -2.81. The van der Waals surface area contributed by atoms with Crippen molar-refractivity contribution in [2.75, 3.05) is 13.2 Å². The molecule has 0 saturated carbocycles. The smallest absolute Gasteiger partial charge is 0.205 e. The Morgan fingerprint density at radius 3 is 2.20 bits per heavy atom. The van der Waals surface area contributed by atoms with Gasteiger partial charge in [-0.3, -0.25) is 5.32 Å². The third kappa shape index (κ3) is 3.22. The zero-order valence-corrected chi connectivity index (χ0v) is 13.7. The van der Waals surface area contributed by atoms with Gasteiger partial charge >= 0.3 is 0 Å². The van der Waals surface area contributed by atoms with E-state index in [1.807, 2.05) is 48.5 Å². The first-order chi connectivity index (χ1) is 12.3. The molecule has 0 aromatic heterocycles. The van der Waals surface area contributed by atoms with Crippen LogP contribution in [0.1, 0.15) is 23.2 Å². The summed E-state index contributed by atoms with van der Waals surface area (Å²) in [7, 11) is 0. The zero-order chi connectivity index (χ0) is 17.1. The van der Waals surface area contributed by atoms with Crippen molar-refractivity contribution in [2.45, 2.75) is 18.3 Å². The lowest BCUT2D eigenvalue weighted by Gasteiger charge is -2.13. The van der Waals surface area contributed by atoms with Crippen LogP contribution in [0.15, 0.2) is 72.1 Å². The number of benzene rings is 2. The third-order valence-corrected chi connectivity index (χ3v) is 4.51. The molecular formula is C20H19N3O2. The van der Waals surface area contributed by atoms with Gasteiger partial charge in [0.05, 0.1) is 18.7 Å². The largest absolute Gasteiger partial charge is 0.476 e. The van der Waals surface area contributed by atoms with E-state index >= 15 is 0 Å². The second-order valence-electron chi connectivity index (χ2n) is 6.12. The summed E-state index contributed by atoms with van der Waals surface area (Å²) < 4.78 is 11.6. The summed E-state index contributed by atoms with van der Waals surface area (Å²) in [5.41, 5.74) is 2.74. The Morgan fingerprint density at radius 2 is 1.56 bits per heavy atom. The molecule has 5 heteroatoms. The fraction of sp³-hybridized carbons (Fsp3) is 0.250. The second-order valence-corrected chi connectivity index (χ2v) is 6.12. The monoisotopic (exact) mass is 333 g/mol. The van der Waals surface area contributed by atoms with Crippen LogP contribution in [0.5, 0.6) is 0 Å². The van der Waals surface area contributed by atoms with Gasteiger partial charge in [-0.15, -0.1) is 0 Å². The van der Waals surface area contributed by atoms with Gasteiger partial charge in [0.1, 0.15) is 24.5 Å². The summed E-state index contributed by atoms with van der Waals surface area (Å²) in [6.45, 7) is 1.02. The van der Waals surface area contributed by atoms with Gasteiger partial charge in [0.25, 0.3) is 0 Å². The summed E-state index contributed by atoms with van der Waals surface area (Å²) in [4.78, 5) is 0. The van der Waals surface area contributed by atoms with Gasteiger partial charge in [0, 0.05) is 0 Å². The quantitative estimate of drug-likeness (QED) is 0.846. The standard InChI is InChI=1S/C20H19N3O2/c21-11-16(19-22-17(12-24-19)14-7-3-1-4-8-14)20-23-18(13-25-20)15-9-5-2-6-10-15/h1-10,17-19,22-23H,12-13H2/t17-,18-,19?/m1/s1. The van der Waals surface area contributed by atoms with Crippen LogP contribution < -0.4 is 10.6 Å². The molecule has 2 heterocycles. The number of hydrogen-bond donors (Lipinski definition) is 2. The molecule has 2 aromatic rings. The van der Waals surface area contributed by atoms with Gasteiger partial charge in [-0.25, -0.2) is 0 Å². The van der Waals surface area contributed by atoms with Crippen LogP contribution in [0.4, 0.5) is 0 Å². The number of hydrogen-bond acceptors (Lipinski definition) is 5. The van der Waals surface area contributed by atoms with Crippen molar-refractivity contribution >= 4 is 0 Å². The van der Waals surface area contributed by atoms with E-state index in [4.69, 9.17) is 9.47 Å². The molecule has 2 aliphatic rings. The summed E-state index contributed by atoms with van der Waals surface area (Å²) in [6, 6.07) is 22.5. The van der Waals surface area contributed by atoms with E-state index < -0.39 is 6.23 Å². The minimum absolute atomic E-state index is 0.0471. The van der Waals surface area contributed by atoms with E-state index in [0.29, 0.717) is 24.7 Å². The van der Waals surface area contributed by atoms with Crippen molar-refractivity contribution in [2.24, 2.45) is 0 Å². The van der Waals surface area contributed by atoms with E-state index in [1.54, 1.807) is 0 Å². The van der Waals surface area contributed by atoms with Gasteiger partial charge in [-0.1, -0.05) is 60.7 Å². The molecule has 2 N–H and O–H groups in total. The minimum Gasteiger partial charge on any atom is -0.476 e. The average Bonchev–Trinajstić information content (AvgIpc) is 3.35. The van der Waals surface area contributed by atoms with Crippen molar-refractivity contribution in [3.05, 3.63) is 83.2 Å². The lowest BCUT2D eigenvalue weighted by Crippen LogP contribution is -2.29. The van der Waals surface area contributed by atoms with Crippen molar-refractivity contribution in [3.8, 4) is 6.07 Å². The Morgan fingerprint density at radius 1 is 0.920 bits per heavy atom. The molecule has 0 aliphatic carbocycles. The van der Waals surface area contributed by atoms with Gasteiger partial charge in [0.15, 0.2) is 0 Å². The van der Waals surface area contributed by atoms with Crippen LogP contribution in [0.2, 0.25) is 0 Å². The highest BCUT2D eigenvalue weighted by atomic mass is 16.5. The highest BCUT2D eigenvalue weighted by Gasteiger charge is 2.33. The van der Waals surface area contributed by atoms with Gasteiger partial charge in [0.2, 0.25) is 5.88 Å². The molecule has 1 unspecified atom stereocenters. The van der Waals surface area contributed by atoms with Gasteiger partial charge in [-0.05, 0) is 11.1 Å². The van der Waals surface area contributed by atoms with E-state index in [0.717, 1.165) is 11.1 Å². The van der Waals surface area contributed by atoms with Crippen LogP contribution in [-0.4, -0.2) is 19.4 Å². The first-order valence-corrected chi connectivity index (χ1v) is 8.36. The van der Waals surface area contributed by atoms with E-state index in [2.05, 4.69) is 28.8 Å². The van der Waals surface area contributed by atoms with Crippen LogP contribution in [0.3, 0.4) is 0 Å². The number of ether oxygens (including phenoxy) is 2. The highest BCUT2D eigenvalue weighted by Crippen LogP contribution is 2.28. The maximum atomic E-state index is 9.61. The second kappa shape index (κ2) is 6.98. The van der Waals surface area contributed by atoms with E-state index in [-0.39, 0.29) is 12.1 Å². The van der Waals surface area contributed by atoms with E-state index in [9.17, 15) is 5.26 Å². The first-order valence-electron chi connectivity index (χ1n) is 8.36. The molecule has 0 amide bonds. The molecule has 126 valence electrons. The third-order valence-electron chi connectivity index (χ3n) is 4.51.